The van der Waals surface area contributed by atoms with Gasteiger partial charge in [0.1, 0.15) is 5.69 Å². The number of amides is 1. The first-order valence-corrected chi connectivity index (χ1v) is 13.7. The van der Waals surface area contributed by atoms with Gasteiger partial charge in [0.25, 0.3) is 5.91 Å². The molecule has 1 fully saturated rings. The molecule has 0 spiro atoms. The van der Waals surface area contributed by atoms with Crippen LogP contribution in [-0.4, -0.2) is 56.7 Å². The van der Waals surface area contributed by atoms with E-state index in [0.29, 0.717) is 25.2 Å². The lowest BCUT2D eigenvalue weighted by atomic mass is 10.1. The Labute approximate surface area is 228 Å². The summed E-state index contributed by atoms with van der Waals surface area (Å²) in [6, 6.07) is 28.3. The van der Waals surface area contributed by atoms with E-state index < -0.39 is 0 Å². The Morgan fingerprint density at radius 1 is 0.795 bits per heavy atom. The van der Waals surface area contributed by atoms with Gasteiger partial charge < -0.3 is 9.80 Å². The number of benzene rings is 3. The first kappa shape index (κ1) is 24.8. The fourth-order valence-electron chi connectivity index (χ4n) is 5.33. The minimum absolute atomic E-state index is 0.0513. The summed E-state index contributed by atoms with van der Waals surface area (Å²) in [6.07, 6.45) is 4.33. The summed E-state index contributed by atoms with van der Waals surface area (Å²) in [5.41, 5.74) is 6.33. The molecule has 1 aliphatic rings. The number of fused-ring (bicyclic) bond motifs is 1. The lowest BCUT2D eigenvalue weighted by Crippen LogP contribution is -2.36. The third kappa shape index (κ3) is 5.00. The van der Waals surface area contributed by atoms with Crippen LogP contribution in [-0.2, 0) is 6.42 Å². The number of carbonyl (C=O) groups is 1. The first-order valence-electron chi connectivity index (χ1n) is 13.7. The summed E-state index contributed by atoms with van der Waals surface area (Å²) in [6.45, 7) is 4.94. The molecule has 1 saturated heterocycles. The summed E-state index contributed by atoms with van der Waals surface area (Å²) < 4.78 is 1.91. The van der Waals surface area contributed by atoms with Crippen molar-refractivity contribution >= 4 is 22.8 Å². The van der Waals surface area contributed by atoms with Crippen LogP contribution in [0.4, 0.5) is 5.82 Å². The number of aromatic nitrogens is 4. The van der Waals surface area contributed by atoms with Gasteiger partial charge in [0.2, 0.25) is 0 Å². The van der Waals surface area contributed by atoms with E-state index in [1.807, 2.05) is 82.4 Å². The number of para-hydroxylation sites is 3. The number of carbonyl (C=O) groups excluding carboxylic acids is 1. The molecular formula is C32H32N6O. The molecular weight excluding hydrogens is 484 g/mol. The average molecular weight is 517 g/mol. The van der Waals surface area contributed by atoms with Gasteiger partial charge >= 0.3 is 0 Å². The quantitative estimate of drug-likeness (QED) is 0.286. The zero-order valence-electron chi connectivity index (χ0n) is 22.2. The van der Waals surface area contributed by atoms with Crippen molar-refractivity contribution in [3.63, 3.8) is 0 Å². The van der Waals surface area contributed by atoms with Crippen LogP contribution in [0.25, 0.3) is 28.0 Å². The summed E-state index contributed by atoms with van der Waals surface area (Å²) in [4.78, 5) is 28.2. The van der Waals surface area contributed by atoms with Gasteiger partial charge in [0, 0.05) is 31.7 Å². The van der Waals surface area contributed by atoms with Crippen LogP contribution >= 0.6 is 0 Å². The van der Waals surface area contributed by atoms with Crippen LogP contribution in [0.5, 0.6) is 0 Å². The zero-order valence-corrected chi connectivity index (χ0v) is 22.2. The van der Waals surface area contributed by atoms with Crippen molar-refractivity contribution in [2.24, 2.45) is 0 Å². The van der Waals surface area contributed by atoms with Crippen molar-refractivity contribution in [2.75, 3.05) is 31.1 Å². The average Bonchev–Trinajstić information content (AvgIpc) is 3.25. The van der Waals surface area contributed by atoms with Crippen LogP contribution in [0.2, 0.25) is 0 Å². The lowest BCUT2D eigenvalue weighted by Gasteiger charge is -2.25. The van der Waals surface area contributed by atoms with E-state index in [1.54, 1.807) is 6.20 Å². The Hall–Kier alpha value is -4.52. The van der Waals surface area contributed by atoms with E-state index in [9.17, 15) is 4.79 Å². The molecule has 0 N–H and O–H groups in total. The van der Waals surface area contributed by atoms with E-state index in [0.717, 1.165) is 65.3 Å². The van der Waals surface area contributed by atoms with Gasteiger partial charge in [-0.3, -0.25) is 4.79 Å². The SMILES string of the molecule is CCCc1c(C(=O)N2CCCN(c3nc4ccccc4nc3-c3ccccc3)CC2)cnn1-c1ccccc1. The predicted molar refractivity (Wildman–Crippen MR) is 155 cm³/mol. The van der Waals surface area contributed by atoms with Crippen LogP contribution in [0, 0.1) is 0 Å². The standard InChI is InChI=1S/C32H32N6O/c1-2-12-29-26(23-33-38(29)25-15-7-4-8-16-25)32(39)37-20-11-19-36(21-22-37)31-30(24-13-5-3-6-14-24)34-27-17-9-10-18-28(27)35-31/h3-10,13-18,23H,2,11-12,19-22H2,1H3. The van der Waals surface area contributed by atoms with Crippen molar-refractivity contribution in [3.05, 3.63) is 102 Å². The van der Waals surface area contributed by atoms with Crippen LogP contribution in [0.3, 0.4) is 0 Å². The normalized spacial score (nSPS) is 14.0. The highest BCUT2D eigenvalue weighted by Gasteiger charge is 2.27. The van der Waals surface area contributed by atoms with Crippen LogP contribution in [0.15, 0.2) is 91.1 Å². The zero-order chi connectivity index (χ0) is 26.6. The van der Waals surface area contributed by atoms with Crippen molar-refractivity contribution in [1.82, 2.24) is 24.6 Å². The van der Waals surface area contributed by atoms with Gasteiger partial charge in [-0.2, -0.15) is 5.10 Å². The predicted octanol–water partition coefficient (Wildman–Crippen LogP) is 5.79. The van der Waals surface area contributed by atoms with Crippen molar-refractivity contribution in [3.8, 4) is 16.9 Å². The van der Waals surface area contributed by atoms with Crippen molar-refractivity contribution < 1.29 is 4.79 Å². The maximum absolute atomic E-state index is 13.8. The number of anilines is 1. The smallest absolute Gasteiger partial charge is 0.257 e. The molecule has 0 saturated carbocycles. The molecule has 7 heteroatoms. The molecule has 0 radical (unpaired) electrons. The molecule has 0 unspecified atom stereocenters. The number of rotatable bonds is 6. The number of hydrogen-bond acceptors (Lipinski definition) is 5. The van der Waals surface area contributed by atoms with Crippen molar-refractivity contribution in [2.45, 2.75) is 26.2 Å². The largest absolute Gasteiger partial charge is 0.353 e. The minimum atomic E-state index is 0.0513. The monoisotopic (exact) mass is 516 g/mol. The van der Waals surface area contributed by atoms with E-state index in [4.69, 9.17) is 9.97 Å². The lowest BCUT2D eigenvalue weighted by molar-refractivity contribution is 0.0766. The maximum Gasteiger partial charge on any atom is 0.257 e. The van der Waals surface area contributed by atoms with E-state index in [-0.39, 0.29) is 5.91 Å². The third-order valence-electron chi connectivity index (χ3n) is 7.27. The Morgan fingerprint density at radius 3 is 2.23 bits per heavy atom. The van der Waals surface area contributed by atoms with E-state index in [2.05, 4.69) is 29.1 Å². The van der Waals surface area contributed by atoms with Gasteiger partial charge in [-0.1, -0.05) is 74.0 Å². The highest BCUT2D eigenvalue weighted by molar-refractivity contribution is 5.95. The van der Waals surface area contributed by atoms with Gasteiger partial charge in [-0.25, -0.2) is 14.6 Å². The third-order valence-corrected chi connectivity index (χ3v) is 7.27. The van der Waals surface area contributed by atoms with E-state index in [1.165, 1.54) is 0 Å². The Kier molecular flexibility index (Phi) is 7.04. The maximum atomic E-state index is 13.8. The van der Waals surface area contributed by atoms with Gasteiger partial charge in [-0.05, 0) is 37.1 Å². The molecule has 1 aliphatic heterocycles. The molecule has 7 nitrogen and oxygen atoms in total. The number of hydrogen-bond donors (Lipinski definition) is 0. The molecule has 0 aliphatic carbocycles. The minimum Gasteiger partial charge on any atom is -0.353 e. The molecule has 0 atom stereocenters. The topological polar surface area (TPSA) is 67.2 Å². The Balaban J connectivity index is 1.28. The van der Waals surface area contributed by atoms with Gasteiger partial charge in [-0.15, -0.1) is 0 Å². The number of nitrogens with zero attached hydrogens (tertiary/aromatic N) is 6. The summed E-state index contributed by atoms with van der Waals surface area (Å²) >= 11 is 0. The molecule has 1 amide bonds. The molecule has 196 valence electrons. The fourth-order valence-corrected chi connectivity index (χ4v) is 5.33. The summed E-state index contributed by atoms with van der Waals surface area (Å²) in [5, 5.41) is 4.62. The van der Waals surface area contributed by atoms with Gasteiger partial charge in [0.15, 0.2) is 5.82 Å². The van der Waals surface area contributed by atoms with Crippen molar-refractivity contribution in [1.29, 1.82) is 0 Å². The Bertz CT molecular complexity index is 1580. The highest BCUT2D eigenvalue weighted by Crippen LogP contribution is 2.30. The second kappa shape index (κ2) is 11.1. The molecule has 39 heavy (non-hydrogen) atoms. The molecule has 3 aromatic carbocycles. The Morgan fingerprint density at radius 2 is 1.49 bits per heavy atom. The molecule has 2 aromatic heterocycles. The summed E-state index contributed by atoms with van der Waals surface area (Å²) in [5.74, 6) is 0.924. The second-order valence-corrected chi connectivity index (χ2v) is 9.89. The van der Waals surface area contributed by atoms with E-state index >= 15 is 0 Å². The van der Waals surface area contributed by atoms with Crippen LogP contribution < -0.4 is 4.90 Å². The second-order valence-electron chi connectivity index (χ2n) is 9.89. The molecule has 6 rings (SSSR count). The highest BCUT2D eigenvalue weighted by atomic mass is 16.2. The summed E-state index contributed by atoms with van der Waals surface area (Å²) in [7, 11) is 0. The van der Waals surface area contributed by atoms with Crippen LogP contribution in [0.1, 0.15) is 35.8 Å². The fraction of sp³-hybridized carbons (Fsp3) is 0.250. The first-order chi connectivity index (χ1) is 19.2. The molecule has 5 aromatic rings. The molecule has 0 bridgehead atoms. The molecule has 3 heterocycles. The van der Waals surface area contributed by atoms with Gasteiger partial charge in [0.05, 0.1) is 34.2 Å².